The summed E-state index contributed by atoms with van der Waals surface area (Å²) in [5.41, 5.74) is 1.28. The van der Waals surface area contributed by atoms with Gasteiger partial charge in [0.25, 0.3) is 5.91 Å². The van der Waals surface area contributed by atoms with Crippen LogP contribution in [-0.4, -0.2) is 31.7 Å². The summed E-state index contributed by atoms with van der Waals surface area (Å²) < 4.78 is 15.6. The fraction of sp³-hybridized carbons (Fsp3) is 0.300. The van der Waals surface area contributed by atoms with Gasteiger partial charge in [-0.05, 0) is 55.8 Å². The molecule has 0 aliphatic heterocycles. The van der Waals surface area contributed by atoms with E-state index in [0.29, 0.717) is 24.5 Å². The van der Waals surface area contributed by atoms with Crippen molar-refractivity contribution >= 4 is 11.9 Å². The number of benzene rings is 2. The minimum Gasteiger partial charge on any atom is -0.497 e. The number of esters is 1. The molecule has 0 spiro atoms. The predicted octanol–water partition coefficient (Wildman–Crippen LogP) is 2.96. The second-order valence-electron chi connectivity index (χ2n) is 5.57. The highest BCUT2D eigenvalue weighted by molar-refractivity contribution is 5.92. The smallest absolute Gasteiger partial charge is 0.338 e. The minimum atomic E-state index is -0.896. The Hall–Kier alpha value is -3.02. The van der Waals surface area contributed by atoms with Crippen molar-refractivity contribution in [3.8, 4) is 11.5 Å². The lowest BCUT2D eigenvalue weighted by molar-refractivity contribution is -0.129. The van der Waals surface area contributed by atoms with Crippen molar-refractivity contribution < 1.29 is 23.8 Å². The fourth-order valence-corrected chi connectivity index (χ4v) is 2.21. The molecule has 0 unspecified atom stereocenters. The van der Waals surface area contributed by atoms with E-state index in [2.05, 4.69) is 5.32 Å². The topological polar surface area (TPSA) is 73.9 Å². The van der Waals surface area contributed by atoms with Gasteiger partial charge in [0.05, 0.1) is 19.3 Å². The first-order valence-corrected chi connectivity index (χ1v) is 8.38. The Labute approximate surface area is 153 Å². The predicted molar refractivity (Wildman–Crippen MR) is 97.3 cm³/mol. The van der Waals surface area contributed by atoms with Gasteiger partial charge in [-0.15, -0.1) is 0 Å². The van der Waals surface area contributed by atoms with Crippen LogP contribution < -0.4 is 14.8 Å². The van der Waals surface area contributed by atoms with Crippen LogP contribution in [0, 0.1) is 0 Å². The highest BCUT2D eigenvalue weighted by atomic mass is 16.5. The fourth-order valence-electron chi connectivity index (χ4n) is 2.21. The van der Waals surface area contributed by atoms with E-state index in [1.54, 1.807) is 31.4 Å². The Morgan fingerprint density at radius 3 is 2.19 bits per heavy atom. The first kappa shape index (κ1) is 19.3. The number of rotatable bonds is 8. The zero-order valence-corrected chi connectivity index (χ0v) is 15.2. The summed E-state index contributed by atoms with van der Waals surface area (Å²) >= 11 is 0. The monoisotopic (exact) mass is 357 g/mol. The molecule has 0 radical (unpaired) electrons. The summed E-state index contributed by atoms with van der Waals surface area (Å²) in [6.45, 7) is 4.31. The van der Waals surface area contributed by atoms with Gasteiger partial charge < -0.3 is 19.5 Å². The van der Waals surface area contributed by atoms with E-state index in [-0.39, 0.29) is 5.91 Å². The quantitative estimate of drug-likeness (QED) is 0.735. The van der Waals surface area contributed by atoms with Crippen LogP contribution in [0.4, 0.5) is 0 Å². The van der Waals surface area contributed by atoms with Crippen molar-refractivity contribution in [2.75, 3.05) is 13.7 Å². The van der Waals surface area contributed by atoms with Crippen LogP contribution in [0.1, 0.15) is 29.8 Å². The third-order valence-electron chi connectivity index (χ3n) is 3.68. The number of amides is 1. The van der Waals surface area contributed by atoms with E-state index >= 15 is 0 Å². The normalized spacial score (nSPS) is 11.3. The van der Waals surface area contributed by atoms with Crippen molar-refractivity contribution in [1.82, 2.24) is 5.32 Å². The van der Waals surface area contributed by atoms with Gasteiger partial charge in [-0.25, -0.2) is 4.79 Å². The van der Waals surface area contributed by atoms with Gasteiger partial charge >= 0.3 is 5.97 Å². The van der Waals surface area contributed by atoms with Gasteiger partial charge in [0.2, 0.25) is 0 Å². The molecule has 0 saturated heterocycles. The Bertz CT molecular complexity index is 725. The molecular weight excluding hydrogens is 334 g/mol. The molecule has 2 aromatic rings. The van der Waals surface area contributed by atoms with Crippen LogP contribution >= 0.6 is 0 Å². The number of hydrogen-bond acceptors (Lipinski definition) is 5. The Morgan fingerprint density at radius 2 is 1.62 bits per heavy atom. The molecule has 2 rings (SSSR count). The van der Waals surface area contributed by atoms with E-state index < -0.39 is 12.1 Å². The first-order chi connectivity index (χ1) is 12.5. The lowest BCUT2D eigenvalue weighted by Crippen LogP contribution is -2.35. The van der Waals surface area contributed by atoms with Crippen molar-refractivity contribution in [1.29, 1.82) is 0 Å². The summed E-state index contributed by atoms with van der Waals surface area (Å²) in [5.74, 6) is 0.507. The third-order valence-corrected chi connectivity index (χ3v) is 3.68. The molecule has 0 bridgehead atoms. The minimum absolute atomic E-state index is 0.341. The van der Waals surface area contributed by atoms with Crippen molar-refractivity contribution in [3.63, 3.8) is 0 Å². The molecular formula is C20H23NO5. The highest BCUT2D eigenvalue weighted by Crippen LogP contribution is 2.14. The van der Waals surface area contributed by atoms with Crippen LogP contribution in [0.5, 0.6) is 11.5 Å². The summed E-state index contributed by atoms with van der Waals surface area (Å²) in [7, 11) is 1.59. The van der Waals surface area contributed by atoms with Crippen LogP contribution in [0.25, 0.3) is 0 Å². The molecule has 138 valence electrons. The third kappa shape index (κ3) is 5.51. The number of methoxy groups -OCH3 is 1. The maximum absolute atomic E-state index is 12.1. The molecule has 1 atom stereocenters. The van der Waals surface area contributed by atoms with Gasteiger partial charge in [0.1, 0.15) is 11.5 Å². The molecule has 0 saturated carbocycles. The van der Waals surface area contributed by atoms with Gasteiger partial charge in [-0.2, -0.15) is 0 Å². The molecule has 0 heterocycles. The number of nitrogens with one attached hydrogen (secondary N) is 1. The van der Waals surface area contributed by atoms with Gasteiger partial charge in [-0.3, -0.25) is 4.79 Å². The summed E-state index contributed by atoms with van der Waals surface area (Å²) in [6.07, 6.45) is -0.896. The lowest BCUT2D eigenvalue weighted by Gasteiger charge is -2.14. The number of carbonyl (C=O) groups excluding carboxylic acids is 2. The Kier molecular flexibility index (Phi) is 7.02. The van der Waals surface area contributed by atoms with Gasteiger partial charge in [0.15, 0.2) is 6.10 Å². The average Bonchev–Trinajstić information content (AvgIpc) is 2.67. The van der Waals surface area contributed by atoms with Crippen molar-refractivity contribution in [3.05, 3.63) is 59.7 Å². The van der Waals surface area contributed by atoms with Crippen molar-refractivity contribution in [2.45, 2.75) is 26.5 Å². The molecule has 1 N–H and O–H groups in total. The van der Waals surface area contributed by atoms with E-state index in [1.165, 1.54) is 6.92 Å². The van der Waals surface area contributed by atoms with Crippen LogP contribution in [-0.2, 0) is 16.1 Å². The standard InChI is InChI=1S/C20H23NO5/c1-4-25-18-11-7-16(8-12-18)20(23)26-14(2)19(22)21-13-15-5-9-17(24-3)10-6-15/h5-12,14H,4,13H2,1-3H3,(H,21,22)/t14-/m1/s1. The second-order valence-corrected chi connectivity index (χ2v) is 5.57. The van der Waals surface area contributed by atoms with E-state index in [9.17, 15) is 9.59 Å². The average molecular weight is 357 g/mol. The second kappa shape index (κ2) is 9.46. The van der Waals surface area contributed by atoms with Crippen molar-refractivity contribution in [2.24, 2.45) is 0 Å². The van der Waals surface area contributed by atoms with E-state index in [1.807, 2.05) is 31.2 Å². The molecule has 26 heavy (non-hydrogen) atoms. The molecule has 2 aromatic carbocycles. The summed E-state index contributed by atoms with van der Waals surface area (Å²) in [5, 5.41) is 2.74. The molecule has 1 amide bonds. The zero-order chi connectivity index (χ0) is 18.9. The molecule has 0 aliphatic carbocycles. The maximum Gasteiger partial charge on any atom is 0.338 e. The van der Waals surface area contributed by atoms with E-state index in [0.717, 1.165) is 11.3 Å². The first-order valence-electron chi connectivity index (χ1n) is 8.38. The zero-order valence-electron chi connectivity index (χ0n) is 15.2. The van der Waals surface area contributed by atoms with Gasteiger partial charge in [0, 0.05) is 6.54 Å². The molecule has 0 aromatic heterocycles. The van der Waals surface area contributed by atoms with Gasteiger partial charge in [-0.1, -0.05) is 12.1 Å². The Morgan fingerprint density at radius 1 is 1.00 bits per heavy atom. The van der Waals surface area contributed by atoms with Crippen LogP contribution in [0.3, 0.4) is 0 Å². The number of hydrogen-bond donors (Lipinski definition) is 1. The maximum atomic E-state index is 12.1. The summed E-state index contributed by atoms with van der Waals surface area (Å²) in [4.78, 5) is 24.2. The molecule has 0 fully saturated rings. The molecule has 6 nitrogen and oxygen atoms in total. The number of carbonyl (C=O) groups is 2. The summed E-state index contributed by atoms with van der Waals surface area (Å²) in [6, 6.07) is 13.9. The van der Waals surface area contributed by atoms with Crippen LogP contribution in [0.15, 0.2) is 48.5 Å². The number of ether oxygens (including phenoxy) is 3. The highest BCUT2D eigenvalue weighted by Gasteiger charge is 2.18. The van der Waals surface area contributed by atoms with Crippen LogP contribution in [0.2, 0.25) is 0 Å². The lowest BCUT2D eigenvalue weighted by atomic mass is 10.2. The molecule has 6 heteroatoms. The molecule has 0 aliphatic rings. The van der Waals surface area contributed by atoms with E-state index in [4.69, 9.17) is 14.2 Å². The Balaban J connectivity index is 1.84. The largest absolute Gasteiger partial charge is 0.497 e. The SMILES string of the molecule is CCOc1ccc(C(=O)O[C@H](C)C(=O)NCc2ccc(OC)cc2)cc1.